The van der Waals surface area contributed by atoms with Gasteiger partial charge in [-0.05, 0) is 12.5 Å². The van der Waals surface area contributed by atoms with Crippen LogP contribution in [0.1, 0.15) is 5.56 Å². The molecule has 1 N–H and O–H groups in total. The number of nitrogens with zero attached hydrogens (tertiary/aromatic N) is 1. The van der Waals surface area contributed by atoms with Crippen LogP contribution in [0.25, 0.3) is 0 Å². The summed E-state index contributed by atoms with van der Waals surface area (Å²) in [7, 11) is 1.65. The van der Waals surface area contributed by atoms with E-state index in [1.165, 1.54) is 5.56 Å². The minimum atomic E-state index is 0.757. The van der Waals surface area contributed by atoms with Gasteiger partial charge in [0.1, 0.15) is 0 Å². The zero-order chi connectivity index (χ0) is 7.68. The van der Waals surface area contributed by atoms with Crippen molar-refractivity contribution < 1.29 is 4.74 Å². The second-order valence-corrected chi connectivity index (χ2v) is 2.52. The summed E-state index contributed by atoms with van der Waals surface area (Å²) in [5.41, 5.74) is 2.37. The summed E-state index contributed by atoms with van der Waals surface area (Å²) in [6, 6.07) is 1.98. The minimum absolute atomic E-state index is 0.757. The standard InChI is InChI=1S/C8H10N2O/c1-11-8-6-2-4-9-7(6)3-5-10-8/h3,5,9H,2,4H2,1H3. The molecule has 3 nitrogen and oxygen atoms in total. The monoisotopic (exact) mass is 150 g/mol. The van der Waals surface area contributed by atoms with Gasteiger partial charge in [0.05, 0.1) is 7.11 Å². The lowest BCUT2D eigenvalue weighted by Gasteiger charge is -2.03. The molecular formula is C8H10N2O. The van der Waals surface area contributed by atoms with Gasteiger partial charge in [-0.25, -0.2) is 4.98 Å². The van der Waals surface area contributed by atoms with Gasteiger partial charge in [-0.1, -0.05) is 0 Å². The molecule has 0 bridgehead atoms. The predicted molar refractivity (Wildman–Crippen MR) is 43.0 cm³/mol. The first-order valence-electron chi connectivity index (χ1n) is 3.67. The topological polar surface area (TPSA) is 34.1 Å². The van der Waals surface area contributed by atoms with Crippen LogP contribution in [0, 0.1) is 0 Å². The lowest BCUT2D eigenvalue weighted by Crippen LogP contribution is -1.91. The van der Waals surface area contributed by atoms with Crippen LogP contribution in [0.2, 0.25) is 0 Å². The van der Waals surface area contributed by atoms with E-state index < -0.39 is 0 Å². The largest absolute Gasteiger partial charge is 0.481 e. The van der Waals surface area contributed by atoms with Crippen molar-refractivity contribution in [3.63, 3.8) is 0 Å². The normalized spacial score (nSPS) is 13.9. The molecule has 0 fully saturated rings. The smallest absolute Gasteiger partial charge is 0.218 e. The van der Waals surface area contributed by atoms with Crippen LogP contribution >= 0.6 is 0 Å². The van der Waals surface area contributed by atoms with E-state index in [1.54, 1.807) is 13.3 Å². The molecule has 0 atom stereocenters. The molecule has 1 aliphatic heterocycles. The van der Waals surface area contributed by atoms with Crippen LogP contribution in [0.3, 0.4) is 0 Å². The molecule has 0 aromatic carbocycles. The van der Waals surface area contributed by atoms with Crippen molar-refractivity contribution in [2.75, 3.05) is 19.0 Å². The predicted octanol–water partition coefficient (Wildman–Crippen LogP) is 1.06. The molecule has 0 saturated carbocycles. The molecule has 0 spiro atoms. The van der Waals surface area contributed by atoms with Gasteiger partial charge in [0.2, 0.25) is 5.88 Å². The van der Waals surface area contributed by atoms with E-state index in [2.05, 4.69) is 10.3 Å². The van der Waals surface area contributed by atoms with E-state index in [-0.39, 0.29) is 0 Å². The first kappa shape index (κ1) is 6.46. The van der Waals surface area contributed by atoms with Crippen LogP contribution in [-0.4, -0.2) is 18.6 Å². The number of rotatable bonds is 1. The number of methoxy groups -OCH3 is 1. The van der Waals surface area contributed by atoms with Gasteiger partial charge in [-0.2, -0.15) is 0 Å². The van der Waals surface area contributed by atoms with E-state index in [0.717, 1.165) is 24.5 Å². The third-order valence-corrected chi connectivity index (χ3v) is 1.90. The average Bonchev–Trinajstić information content (AvgIpc) is 2.50. The molecule has 0 unspecified atom stereocenters. The van der Waals surface area contributed by atoms with Crippen molar-refractivity contribution in [2.45, 2.75) is 6.42 Å². The van der Waals surface area contributed by atoms with E-state index >= 15 is 0 Å². The summed E-state index contributed by atoms with van der Waals surface area (Å²) in [5, 5.41) is 3.25. The summed E-state index contributed by atoms with van der Waals surface area (Å²) in [6.45, 7) is 0.997. The van der Waals surface area contributed by atoms with Crippen molar-refractivity contribution in [1.29, 1.82) is 0 Å². The summed E-state index contributed by atoms with van der Waals surface area (Å²) in [4.78, 5) is 4.11. The molecule has 3 heteroatoms. The van der Waals surface area contributed by atoms with E-state index in [4.69, 9.17) is 4.74 Å². The first-order valence-corrected chi connectivity index (χ1v) is 3.67. The Balaban J connectivity index is 2.50. The van der Waals surface area contributed by atoms with Gasteiger partial charge >= 0.3 is 0 Å². The maximum atomic E-state index is 5.11. The van der Waals surface area contributed by atoms with Gasteiger partial charge in [0.25, 0.3) is 0 Å². The number of hydrogen-bond donors (Lipinski definition) is 1. The summed E-state index contributed by atoms with van der Waals surface area (Å²) in [5.74, 6) is 0.757. The molecule has 58 valence electrons. The summed E-state index contributed by atoms with van der Waals surface area (Å²) < 4.78 is 5.11. The highest BCUT2D eigenvalue weighted by atomic mass is 16.5. The minimum Gasteiger partial charge on any atom is -0.481 e. The Kier molecular flexibility index (Phi) is 1.42. The SMILES string of the molecule is COc1nccc2c1CCN2. The van der Waals surface area contributed by atoms with Crippen LogP contribution in [-0.2, 0) is 6.42 Å². The molecule has 2 heterocycles. The molecule has 0 saturated heterocycles. The van der Waals surface area contributed by atoms with Crippen LogP contribution in [0.4, 0.5) is 5.69 Å². The third kappa shape index (κ3) is 0.926. The highest BCUT2D eigenvalue weighted by Crippen LogP contribution is 2.27. The van der Waals surface area contributed by atoms with Crippen LogP contribution < -0.4 is 10.1 Å². The summed E-state index contributed by atoms with van der Waals surface area (Å²) >= 11 is 0. The third-order valence-electron chi connectivity index (χ3n) is 1.90. The Labute approximate surface area is 65.4 Å². The highest BCUT2D eigenvalue weighted by Gasteiger charge is 2.14. The van der Waals surface area contributed by atoms with Crippen LogP contribution in [0.5, 0.6) is 5.88 Å². The second kappa shape index (κ2) is 2.42. The molecule has 2 rings (SSSR count). The van der Waals surface area contributed by atoms with Gasteiger partial charge < -0.3 is 10.1 Å². The number of aromatic nitrogens is 1. The molecule has 1 aromatic heterocycles. The molecule has 1 aliphatic rings. The second-order valence-electron chi connectivity index (χ2n) is 2.52. The lowest BCUT2D eigenvalue weighted by atomic mass is 10.2. The van der Waals surface area contributed by atoms with Crippen molar-refractivity contribution in [3.05, 3.63) is 17.8 Å². The fourth-order valence-electron chi connectivity index (χ4n) is 1.38. The van der Waals surface area contributed by atoms with Crippen molar-refractivity contribution in [3.8, 4) is 5.88 Å². The number of anilines is 1. The number of ether oxygens (including phenoxy) is 1. The molecule has 0 aliphatic carbocycles. The van der Waals surface area contributed by atoms with Crippen molar-refractivity contribution >= 4 is 5.69 Å². The molecule has 0 radical (unpaired) electrons. The fraction of sp³-hybridized carbons (Fsp3) is 0.375. The fourth-order valence-corrected chi connectivity index (χ4v) is 1.38. The molecule has 1 aromatic rings. The van der Waals surface area contributed by atoms with E-state index in [0.29, 0.717) is 0 Å². The van der Waals surface area contributed by atoms with Crippen molar-refractivity contribution in [1.82, 2.24) is 4.98 Å². The Morgan fingerprint density at radius 2 is 2.55 bits per heavy atom. The van der Waals surface area contributed by atoms with Crippen LogP contribution in [0.15, 0.2) is 12.3 Å². The molecular weight excluding hydrogens is 140 g/mol. The first-order chi connectivity index (χ1) is 5.42. The number of fused-ring (bicyclic) bond motifs is 1. The maximum absolute atomic E-state index is 5.11. The van der Waals surface area contributed by atoms with E-state index in [9.17, 15) is 0 Å². The highest BCUT2D eigenvalue weighted by molar-refractivity contribution is 5.58. The Morgan fingerprint density at radius 3 is 3.36 bits per heavy atom. The quantitative estimate of drug-likeness (QED) is 0.650. The number of pyridine rings is 1. The number of hydrogen-bond acceptors (Lipinski definition) is 3. The Bertz CT molecular complexity index is 273. The summed E-state index contributed by atoms with van der Waals surface area (Å²) in [6.07, 6.45) is 2.78. The maximum Gasteiger partial charge on any atom is 0.218 e. The Hall–Kier alpha value is -1.25. The van der Waals surface area contributed by atoms with Gasteiger partial charge in [-0.15, -0.1) is 0 Å². The number of nitrogens with one attached hydrogen (secondary N) is 1. The average molecular weight is 150 g/mol. The molecule has 0 amide bonds. The lowest BCUT2D eigenvalue weighted by molar-refractivity contribution is 0.394. The van der Waals surface area contributed by atoms with Gasteiger partial charge in [0, 0.05) is 24.0 Å². The zero-order valence-corrected chi connectivity index (χ0v) is 6.42. The van der Waals surface area contributed by atoms with Gasteiger partial charge in [-0.3, -0.25) is 0 Å². The van der Waals surface area contributed by atoms with E-state index in [1.807, 2.05) is 6.07 Å². The van der Waals surface area contributed by atoms with Crippen molar-refractivity contribution in [2.24, 2.45) is 0 Å². The zero-order valence-electron chi connectivity index (χ0n) is 6.42. The Morgan fingerprint density at radius 1 is 1.64 bits per heavy atom. The van der Waals surface area contributed by atoms with Gasteiger partial charge in [0.15, 0.2) is 0 Å². The molecule has 11 heavy (non-hydrogen) atoms.